The van der Waals surface area contributed by atoms with Gasteiger partial charge < -0.3 is 15.0 Å². The van der Waals surface area contributed by atoms with Gasteiger partial charge in [-0.2, -0.15) is 0 Å². The molecule has 3 nitrogen and oxygen atoms in total. The van der Waals surface area contributed by atoms with Gasteiger partial charge in [0.25, 0.3) is 0 Å². The number of nitrogens with one attached hydrogen (secondary N) is 1. The normalized spacial score (nSPS) is 10.7. The van der Waals surface area contributed by atoms with Gasteiger partial charge in [-0.3, -0.25) is 0 Å². The average Bonchev–Trinajstić information content (AvgIpc) is 2.45. The zero-order valence-electron chi connectivity index (χ0n) is 12.7. The third-order valence-corrected chi connectivity index (χ3v) is 3.13. The maximum Gasteiger partial charge on any atom is 0.141 e. The Kier molecular flexibility index (Phi) is 5.17. The molecule has 0 aliphatic rings. The summed E-state index contributed by atoms with van der Waals surface area (Å²) in [5.41, 5.74) is 3.01. The molecule has 2 rings (SSSR count). The van der Waals surface area contributed by atoms with E-state index in [1.165, 1.54) is 17.7 Å². The van der Waals surface area contributed by atoms with Crippen molar-refractivity contribution >= 4 is 5.69 Å². The lowest BCUT2D eigenvalue weighted by atomic mass is 10.1. The van der Waals surface area contributed by atoms with Crippen molar-refractivity contribution in [2.24, 2.45) is 0 Å². The first-order valence-electron chi connectivity index (χ1n) is 6.88. The predicted molar refractivity (Wildman–Crippen MR) is 84.1 cm³/mol. The van der Waals surface area contributed by atoms with Gasteiger partial charge in [-0.1, -0.05) is 18.2 Å². The van der Waals surface area contributed by atoms with Crippen LogP contribution in [0.4, 0.5) is 10.1 Å². The van der Waals surface area contributed by atoms with E-state index in [9.17, 15) is 4.39 Å². The third kappa shape index (κ3) is 4.46. The van der Waals surface area contributed by atoms with Crippen LogP contribution in [0.1, 0.15) is 11.1 Å². The Morgan fingerprint density at radius 1 is 1.10 bits per heavy atom. The summed E-state index contributed by atoms with van der Waals surface area (Å²) in [4.78, 5) is 2.11. The molecule has 1 N–H and O–H groups in total. The van der Waals surface area contributed by atoms with Crippen molar-refractivity contribution in [1.82, 2.24) is 4.90 Å². The molecule has 2 aromatic rings. The second-order valence-corrected chi connectivity index (χ2v) is 5.26. The van der Waals surface area contributed by atoms with Crippen LogP contribution in [-0.2, 0) is 13.1 Å². The number of nitrogens with zero attached hydrogens (tertiary/aromatic N) is 1. The van der Waals surface area contributed by atoms with Crippen molar-refractivity contribution in [2.45, 2.75) is 13.1 Å². The molecule has 112 valence electrons. The second kappa shape index (κ2) is 7.09. The van der Waals surface area contributed by atoms with Gasteiger partial charge in [0.05, 0.1) is 12.8 Å². The maximum atomic E-state index is 13.2. The van der Waals surface area contributed by atoms with Crippen LogP contribution in [0, 0.1) is 5.82 Å². The molecule has 0 bridgehead atoms. The maximum absolute atomic E-state index is 13.2. The minimum atomic E-state index is -0.220. The van der Waals surface area contributed by atoms with Crippen LogP contribution >= 0.6 is 0 Å². The fourth-order valence-electron chi connectivity index (χ4n) is 2.20. The summed E-state index contributed by atoms with van der Waals surface area (Å²) in [6.45, 7) is 1.41. The molecule has 0 fully saturated rings. The Morgan fingerprint density at radius 3 is 2.57 bits per heavy atom. The largest absolute Gasteiger partial charge is 0.495 e. The Labute approximate surface area is 125 Å². The smallest absolute Gasteiger partial charge is 0.141 e. The first-order valence-corrected chi connectivity index (χ1v) is 6.88. The van der Waals surface area contributed by atoms with Gasteiger partial charge in [-0.15, -0.1) is 0 Å². The van der Waals surface area contributed by atoms with Crippen molar-refractivity contribution in [3.8, 4) is 5.75 Å². The minimum Gasteiger partial charge on any atom is -0.495 e. The van der Waals surface area contributed by atoms with E-state index in [4.69, 9.17) is 4.74 Å². The number of hydrogen-bond acceptors (Lipinski definition) is 3. The van der Waals surface area contributed by atoms with E-state index < -0.39 is 0 Å². The standard InChI is InChI=1S/C17H21FN2O/c1-20(2)12-14-7-8-17(21-3)16(10-14)19-11-13-5-4-6-15(18)9-13/h4-10,19H,11-12H2,1-3H3. The number of methoxy groups -OCH3 is 1. The zero-order valence-corrected chi connectivity index (χ0v) is 12.7. The molecule has 2 aromatic carbocycles. The lowest BCUT2D eigenvalue weighted by Gasteiger charge is -2.15. The fourth-order valence-corrected chi connectivity index (χ4v) is 2.20. The highest BCUT2D eigenvalue weighted by atomic mass is 19.1. The number of ether oxygens (including phenoxy) is 1. The Morgan fingerprint density at radius 2 is 1.90 bits per heavy atom. The van der Waals surface area contributed by atoms with Crippen molar-refractivity contribution in [2.75, 3.05) is 26.5 Å². The minimum absolute atomic E-state index is 0.220. The Hall–Kier alpha value is -2.07. The van der Waals surface area contributed by atoms with Crippen LogP contribution in [-0.4, -0.2) is 26.1 Å². The molecule has 21 heavy (non-hydrogen) atoms. The van der Waals surface area contributed by atoms with Crippen LogP contribution in [0.25, 0.3) is 0 Å². The molecule has 0 aliphatic carbocycles. The molecule has 4 heteroatoms. The van der Waals surface area contributed by atoms with Crippen molar-refractivity contribution in [3.63, 3.8) is 0 Å². The Bertz CT molecular complexity index is 599. The van der Waals surface area contributed by atoms with E-state index in [2.05, 4.69) is 16.3 Å². The summed E-state index contributed by atoms with van der Waals surface area (Å²) in [7, 11) is 5.71. The number of hydrogen-bond donors (Lipinski definition) is 1. The van der Waals surface area contributed by atoms with Crippen LogP contribution in [0.2, 0.25) is 0 Å². The van der Waals surface area contributed by atoms with Gasteiger partial charge in [-0.25, -0.2) is 4.39 Å². The SMILES string of the molecule is COc1ccc(CN(C)C)cc1NCc1cccc(F)c1. The molecular weight excluding hydrogens is 267 g/mol. The van der Waals surface area contributed by atoms with Crippen molar-refractivity contribution < 1.29 is 9.13 Å². The second-order valence-electron chi connectivity index (χ2n) is 5.26. The highest BCUT2D eigenvalue weighted by molar-refractivity contribution is 5.58. The van der Waals surface area contributed by atoms with Crippen molar-refractivity contribution in [1.29, 1.82) is 0 Å². The van der Waals surface area contributed by atoms with Gasteiger partial charge >= 0.3 is 0 Å². The topological polar surface area (TPSA) is 24.5 Å². The van der Waals surface area contributed by atoms with E-state index in [0.29, 0.717) is 6.54 Å². The molecule has 0 heterocycles. The molecule has 0 atom stereocenters. The molecule has 0 saturated heterocycles. The van der Waals surface area contributed by atoms with Crippen LogP contribution in [0.5, 0.6) is 5.75 Å². The quantitative estimate of drug-likeness (QED) is 0.880. The molecular formula is C17H21FN2O. The Balaban J connectivity index is 2.13. The van der Waals surface area contributed by atoms with E-state index in [-0.39, 0.29) is 5.82 Å². The summed E-state index contributed by atoms with van der Waals surface area (Å²) < 4.78 is 18.6. The molecule has 0 radical (unpaired) electrons. The van der Waals surface area contributed by atoms with E-state index >= 15 is 0 Å². The van der Waals surface area contributed by atoms with E-state index in [0.717, 1.165) is 23.5 Å². The average molecular weight is 288 g/mol. The number of rotatable bonds is 6. The lowest BCUT2D eigenvalue weighted by molar-refractivity contribution is 0.400. The van der Waals surface area contributed by atoms with Gasteiger partial charge in [-0.05, 0) is 49.5 Å². The number of anilines is 1. The van der Waals surface area contributed by atoms with Crippen LogP contribution < -0.4 is 10.1 Å². The summed E-state index contributed by atoms with van der Waals surface area (Å²) >= 11 is 0. The van der Waals surface area contributed by atoms with E-state index in [1.807, 2.05) is 32.3 Å². The van der Waals surface area contributed by atoms with Gasteiger partial charge in [0.15, 0.2) is 0 Å². The summed E-state index contributed by atoms with van der Waals surface area (Å²) in [5, 5.41) is 3.31. The first kappa shape index (κ1) is 15.3. The molecule has 0 aromatic heterocycles. The van der Waals surface area contributed by atoms with Crippen LogP contribution in [0.15, 0.2) is 42.5 Å². The van der Waals surface area contributed by atoms with Crippen molar-refractivity contribution in [3.05, 3.63) is 59.4 Å². The molecule has 0 unspecified atom stereocenters. The highest BCUT2D eigenvalue weighted by Crippen LogP contribution is 2.26. The van der Waals surface area contributed by atoms with Gasteiger partial charge in [0, 0.05) is 13.1 Å². The third-order valence-electron chi connectivity index (χ3n) is 3.13. The molecule has 0 spiro atoms. The summed E-state index contributed by atoms with van der Waals surface area (Å²) in [6, 6.07) is 12.7. The molecule has 0 saturated carbocycles. The van der Waals surface area contributed by atoms with Crippen LogP contribution in [0.3, 0.4) is 0 Å². The molecule has 0 amide bonds. The number of benzene rings is 2. The monoisotopic (exact) mass is 288 g/mol. The van der Waals surface area contributed by atoms with Gasteiger partial charge in [0.2, 0.25) is 0 Å². The zero-order chi connectivity index (χ0) is 15.2. The fraction of sp³-hybridized carbons (Fsp3) is 0.294. The van der Waals surface area contributed by atoms with Gasteiger partial charge in [0.1, 0.15) is 11.6 Å². The first-order chi connectivity index (χ1) is 10.1. The van der Waals surface area contributed by atoms with E-state index in [1.54, 1.807) is 13.2 Å². The predicted octanol–water partition coefficient (Wildman–Crippen LogP) is 3.51. The number of halogens is 1. The molecule has 0 aliphatic heterocycles. The summed E-state index contributed by atoms with van der Waals surface area (Å²) in [6.07, 6.45) is 0. The highest BCUT2D eigenvalue weighted by Gasteiger charge is 2.05. The summed E-state index contributed by atoms with van der Waals surface area (Å²) in [5.74, 6) is 0.566. The lowest BCUT2D eigenvalue weighted by Crippen LogP contribution is -2.11.